The first kappa shape index (κ1) is 12.1. The summed E-state index contributed by atoms with van der Waals surface area (Å²) in [6.45, 7) is 10.9. The summed E-state index contributed by atoms with van der Waals surface area (Å²) in [7, 11) is 1.99. The van der Waals surface area contributed by atoms with Gasteiger partial charge in [0.1, 0.15) is 11.6 Å². The molecule has 0 aliphatic carbocycles. The first-order chi connectivity index (χ1) is 6.73. The summed E-state index contributed by atoms with van der Waals surface area (Å²) in [5.74, 6) is 2.47. The highest BCUT2D eigenvalue weighted by molar-refractivity contribution is 5.39. The van der Waals surface area contributed by atoms with E-state index >= 15 is 0 Å². The molecule has 0 unspecified atom stereocenters. The molecule has 86 valence electrons. The maximum Gasteiger partial charge on any atom is 0.126 e. The molecule has 0 saturated carbocycles. The van der Waals surface area contributed by atoms with Crippen molar-refractivity contribution in [2.24, 2.45) is 13.0 Å². The molecule has 0 aliphatic rings. The van der Waals surface area contributed by atoms with Gasteiger partial charge in [0, 0.05) is 12.5 Å². The van der Waals surface area contributed by atoms with Crippen LogP contribution in [-0.4, -0.2) is 9.55 Å². The van der Waals surface area contributed by atoms with Crippen LogP contribution in [0.15, 0.2) is 0 Å². The van der Waals surface area contributed by atoms with Crippen molar-refractivity contribution in [1.29, 1.82) is 0 Å². The Bertz CT molecular complexity index is 342. The van der Waals surface area contributed by atoms with Crippen molar-refractivity contribution in [1.82, 2.24) is 9.55 Å². The van der Waals surface area contributed by atoms with Crippen LogP contribution in [0.1, 0.15) is 46.1 Å². The lowest BCUT2D eigenvalue weighted by Gasteiger charge is -2.17. The summed E-state index contributed by atoms with van der Waals surface area (Å²) in [5, 5.41) is 0. The molecule has 1 aromatic rings. The van der Waals surface area contributed by atoms with Gasteiger partial charge < -0.3 is 10.3 Å². The quantitative estimate of drug-likeness (QED) is 0.813. The summed E-state index contributed by atoms with van der Waals surface area (Å²) in [5.41, 5.74) is 7.14. The highest BCUT2D eigenvalue weighted by atomic mass is 15.1. The lowest BCUT2D eigenvalue weighted by Crippen LogP contribution is -2.17. The molecule has 1 aromatic heterocycles. The number of anilines is 1. The van der Waals surface area contributed by atoms with E-state index < -0.39 is 0 Å². The van der Waals surface area contributed by atoms with E-state index in [1.165, 1.54) is 0 Å². The van der Waals surface area contributed by atoms with E-state index in [0.29, 0.717) is 5.92 Å². The molecule has 0 amide bonds. The Morgan fingerprint density at radius 3 is 2.20 bits per heavy atom. The molecule has 3 nitrogen and oxygen atoms in total. The number of hydrogen-bond donors (Lipinski definition) is 1. The van der Waals surface area contributed by atoms with Crippen molar-refractivity contribution >= 4 is 5.82 Å². The summed E-state index contributed by atoms with van der Waals surface area (Å²) in [6.07, 6.45) is 0.954. The molecule has 15 heavy (non-hydrogen) atoms. The lowest BCUT2D eigenvalue weighted by molar-refractivity contribution is 0.522. The predicted octanol–water partition coefficient (Wildman–Crippen LogP) is 2.50. The van der Waals surface area contributed by atoms with Crippen LogP contribution < -0.4 is 5.73 Å². The van der Waals surface area contributed by atoms with Gasteiger partial charge in [-0.15, -0.1) is 0 Å². The topological polar surface area (TPSA) is 43.8 Å². The summed E-state index contributed by atoms with van der Waals surface area (Å²) < 4.78 is 2.01. The van der Waals surface area contributed by atoms with Gasteiger partial charge in [-0.2, -0.15) is 0 Å². The van der Waals surface area contributed by atoms with E-state index in [1.807, 2.05) is 11.6 Å². The van der Waals surface area contributed by atoms with Crippen LogP contribution in [0.2, 0.25) is 0 Å². The van der Waals surface area contributed by atoms with Crippen LogP contribution in [0.5, 0.6) is 0 Å². The number of aromatic nitrogens is 2. The van der Waals surface area contributed by atoms with Gasteiger partial charge in [0.05, 0.1) is 5.69 Å². The second kappa shape index (κ2) is 3.87. The number of nitrogen functional groups attached to an aromatic ring is 1. The highest BCUT2D eigenvalue weighted by Gasteiger charge is 2.23. The third-order valence-corrected chi connectivity index (χ3v) is 2.49. The van der Waals surface area contributed by atoms with Crippen LogP contribution in [0.4, 0.5) is 5.82 Å². The monoisotopic (exact) mass is 209 g/mol. The van der Waals surface area contributed by atoms with Gasteiger partial charge in [0.15, 0.2) is 0 Å². The number of hydrogen-bond acceptors (Lipinski definition) is 2. The van der Waals surface area contributed by atoms with Gasteiger partial charge in [-0.25, -0.2) is 4.98 Å². The molecular weight excluding hydrogens is 186 g/mol. The zero-order valence-corrected chi connectivity index (χ0v) is 10.8. The van der Waals surface area contributed by atoms with E-state index in [4.69, 9.17) is 5.73 Å². The second-order valence-corrected chi connectivity index (χ2v) is 5.67. The minimum absolute atomic E-state index is 0.0537. The van der Waals surface area contributed by atoms with Gasteiger partial charge in [-0.05, 0) is 12.3 Å². The summed E-state index contributed by atoms with van der Waals surface area (Å²) in [4.78, 5) is 4.66. The molecule has 0 spiro atoms. The smallest absolute Gasteiger partial charge is 0.126 e. The first-order valence-electron chi connectivity index (χ1n) is 5.55. The molecular formula is C12H23N3. The maximum absolute atomic E-state index is 6.05. The fourth-order valence-corrected chi connectivity index (χ4v) is 1.78. The average molecular weight is 209 g/mol. The van der Waals surface area contributed by atoms with E-state index in [-0.39, 0.29) is 5.41 Å². The molecule has 0 saturated heterocycles. The van der Waals surface area contributed by atoms with Crippen molar-refractivity contribution in [2.75, 3.05) is 5.73 Å². The Kier molecular flexibility index (Phi) is 3.12. The maximum atomic E-state index is 6.05. The number of imidazole rings is 1. The first-order valence-corrected chi connectivity index (χ1v) is 5.55. The molecule has 0 aliphatic heterocycles. The Morgan fingerprint density at radius 2 is 1.87 bits per heavy atom. The fourth-order valence-electron chi connectivity index (χ4n) is 1.78. The largest absolute Gasteiger partial charge is 0.384 e. The standard InChI is InChI=1S/C12H23N3/c1-8(2)7-9-10(13)15(6)11(14-9)12(3,4)5/h8H,7,13H2,1-6H3. The Labute approximate surface area is 92.7 Å². The molecule has 1 heterocycles. The zero-order chi connectivity index (χ0) is 11.8. The molecule has 1 rings (SSSR count). The van der Waals surface area contributed by atoms with Crippen molar-refractivity contribution in [3.63, 3.8) is 0 Å². The number of nitrogens with zero attached hydrogens (tertiary/aromatic N) is 2. The lowest BCUT2D eigenvalue weighted by atomic mass is 9.96. The highest BCUT2D eigenvalue weighted by Crippen LogP contribution is 2.25. The zero-order valence-electron chi connectivity index (χ0n) is 10.8. The normalized spacial score (nSPS) is 12.5. The van der Waals surface area contributed by atoms with E-state index in [0.717, 1.165) is 23.8 Å². The fraction of sp³-hybridized carbons (Fsp3) is 0.750. The van der Waals surface area contributed by atoms with Crippen LogP contribution in [-0.2, 0) is 18.9 Å². The number of nitrogens with two attached hydrogens (primary N) is 1. The molecule has 0 bridgehead atoms. The summed E-state index contributed by atoms with van der Waals surface area (Å²) in [6, 6.07) is 0. The van der Waals surface area contributed by atoms with Crippen LogP contribution in [0.25, 0.3) is 0 Å². The average Bonchev–Trinajstić information content (AvgIpc) is 2.30. The van der Waals surface area contributed by atoms with Crippen molar-refractivity contribution in [2.45, 2.75) is 46.5 Å². The van der Waals surface area contributed by atoms with Gasteiger partial charge in [0.2, 0.25) is 0 Å². The van der Waals surface area contributed by atoms with Crippen LogP contribution in [0, 0.1) is 5.92 Å². The molecule has 0 aromatic carbocycles. The second-order valence-electron chi connectivity index (χ2n) is 5.67. The van der Waals surface area contributed by atoms with Crippen LogP contribution >= 0.6 is 0 Å². The SMILES string of the molecule is CC(C)Cc1nc(C(C)(C)C)n(C)c1N. The predicted molar refractivity (Wildman–Crippen MR) is 64.9 cm³/mol. The third-order valence-electron chi connectivity index (χ3n) is 2.49. The molecule has 0 atom stereocenters. The molecule has 2 N–H and O–H groups in total. The van der Waals surface area contributed by atoms with Gasteiger partial charge in [0.25, 0.3) is 0 Å². The molecule has 0 fully saturated rings. The van der Waals surface area contributed by atoms with Gasteiger partial charge in [-0.3, -0.25) is 0 Å². The number of rotatable bonds is 2. The van der Waals surface area contributed by atoms with E-state index in [2.05, 4.69) is 39.6 Å². The minimum atomic E-state index is 0.0537. The van der Waals surface area contributed by atoms with Crippen molar-refractivity contribution < 1.29 is 0 Å². The van der Waals surface area contributed by atoms with Crippen LogP contribution in [0.3, 0.4) is 0 Å². The van der Waals surface area contributed by atoms with Crippen molar-refractivity contribution in [3.8, 4) is 0 Å². The van der Waals surface area contributed by atoms with E-state index in [9.17, 15) is 0 Å². The minimum Gasteiger partial charge on any atom is -0.384 e. The molecule has 0 radical (unpaired) electrons. The Balaban J connectivity index is 3.13. The van der Waals surface area contributed by atoms with Crippen molar-refractivity contribution in [3.05, 3.63) is 11.5 Å². The molecule has 3 heteroatoms. The Hall–Kier alpha value is -0.990. The summed E-state index contributed by atoms with van der Waals surface area (Å²) >= 11 is 0. The van der Waals surface area contributed by atoms with E-state index in [1.54, 1.807) is 0 Å². The third kappa shape index (κ3) is 2.52. The van der Waals surface area contributed by atoms with Gasteiger partial charge >= 0.3 is 0 Å². The van der Waals surface area contributed by atoms with Gasteiger partial charge in [-0.1, -0.05) is 34.6 Å². The Morgan fingerprint density at radius 1 is 1.33 bits per heavy atom.